The number of rotatable bonds is 15. The minimum Gasteiger partial charge on any atom is -0.481 e. The van der Waals surface area contributed by atoms with Crippen molar-refractivity contribution in [3.05, 3.63) is 34.4 Å². The van der Waals surface area contributed by atoms with E-state index in [1.165, 1.54) is 22.9 Å². The summed E-state index contributed by atoms with van der Waals surface area (Å²) in [5, 5.41) is 20.9. The van der Waals surface area contributed by atoms with Crippen molar-refractivity contribution >= 4 is 41.2 Å². The number of carboxylic acids is 2. The van der Waals surface area contributed by atoms with Crippen molar-refractivity contribution in [1.29, 1.82) is 0 Å². The van der Waals surface area contributed by atoms with Gasteiger partial charge >= 0.3 is 11.9 Å². The van der Waals surface area contributed by atoms with Crippen LogP contribution in [0.15, 0.2) is 34.4 Å². The second-order valence-electron chi connectivity index (χ2n) is 6.86. The molecule has 0 spiro atoms. The molecule has 0 unspecified atom stereocenters. The molecule has 164 valence electrons. The molecule has 0 saturated heterocycles. The molecular formula is C21H32ClNO5S. The second-order valence-corrected chi connectivity index (χ2v) is 8.53. The summed E-state index contributed by atoms with van der Waals surface area (Å²) in [6.07, 6.45) is 9.62. The summed E-state index contributed by atoms with van der Waals surface area (Å²) in [5.41, 5.74) is 2.57. The molecule has 0 heterocycles. The lowest BCUT2D eigenvalue weighted by Gasteiger charge is -2.13. The topological polar surface area (TPSA) is 104 Å². The van der Waals surface area contributed by atoms with Gasteiger partial charge in [0.05, 0.1) is 6.42 Å². The Morgan fingerprint density at radius 3 is 2.07 bits per heavy atom. The third-order valence-electron chi connectivity index (χ3n) is 4.03. The zero-order chi connectivity index (χ0) is 22.2. The van der Waals surface area contributed by atoms with E-state index in [0.29, 0.717) is 5.75 Å². The smallest absolute Gasteiger partial charge is 0.327 e. The van der Waals surface area contributed by atoms with Crippen molar-refractivity contribution < 1.29 is 24.6 Å². The number of hydrogen-bond acceptors (Lipinski definition) is 4. The number of carbonyl (C=O) groups is 3. The molecule has 0 aromatic rings. The van der Waals surface area contributed by atoms with E-state index in [9.17, 15) is 19.5 Å². The van der Waals surface area contributed by atoms with Crippen LogP contribution >= 0.6 is 23.4 Å². The highest BCUT2D eigenvalue weighted by Gasteiger charge is 2.19. The van der Waals surface area contributed by atoms with Crippen LogP contribution in [0.5, 0.6) is 0 Å². The second kappa shape index (κ2) is 16.1. The average molecular weight is 446 g/mol. The molecule has 0 aliphatic heterocycles. The van der Waals surface area contributed by atoms with Gasteiger partial charge in [-0.2, -0.15) is 11.8 Å². The Bertz CT molecular complexity index is 639. The van der Waals surface area contributed by atoms with E-state index < -0.39 is 23.9 Å². The Hall–Kier alpha value is -1.73. The third-order valence-corrected chi connectivity index (χ3v) is 5.15. The van der Waals surface area contributed by atoms with Gasteiger partial charge in [0.1, 0.15) is 6.04 Å². The first-order valence-electron chi connectivity index (χ1n) is 9.57. The summed E-state index contributed by atoms with van der Waals surface area (Å²) in [6, 6.07) is -1.02. The predicted molar refractivity (Wildman–Crippen MR) is 119 cm³/mol. The van der Waals surface area contributed by atoms with Crippen molar-refractivity contribution in [3.8, 4) is 0 Å². The molecule has 6 nitrogen and oxygen atoms in total. The van der Waals surface area contributed by atoms with E-state index in [0.717, 1.165) is 30.7 Å². The highest BCUT2D eigenvalue weighted by Crippen LogP contribution is 2.13. The van der Waals surface area contributed by atoms with Gasteiger partial charge in [0.15, 0.2) is 0 Å². The maximum absolute atomic E-state index is 11.6. The number of nitrogens with one attached hydrogen (secondary N) is 1. The van der Waals surface area contributed by atoms with Gasteiger partial charge in [0.2, 0.25) is 5.91 Å². The van der Waals surface area contributed by atoms with Crippen molar-refractivity contribution in [3.63, 3.8) is 0 Å². The standard InChI is InChI=1S/C21H32ClNO5S/c1-15(8-5-9-17(3)22)6-4-7-16(2)12-13-29-14-18(21(27)28)23-19(24)10-11-20(25)26/h6,9,12,18H,4-5,7-8,10-11,13-14H2,1-3H3,(H,23,24)(H,25,26)(H,27,28)/b15-6+,16-12+,17-9+/t18-/m1/s1. The van der Waals surface area contributed by atoms with Gasteiger partial charge in [-0.25, -0.2) is 4.79 Å². The lowest BCUT2D eigenvalue weighted by molar-refractivity contribution is -0.141. The number of aliphatic carboxylic acids is 2. The van der Waals surface area contributed by atoms with Crippen LogP contribution in [0.3, 0.4) is 0 Å². The van der Waals surface area contributed by atoms with Crippen LogP contribution in [-0.4, -0.2) is 45.6 Å². The summed E-state index contributed by atoms with van der Waals surface area (Å²) in [6.45, 7) is 6.04. The quantitative estimate of drug-likeness (QED) is 0.248. The van der Waals surface area contributed by atoms with Crippen LogP contribution < -0.4 is 5.32 Å². The van der Waals surface area contributed by atoms with Crippen molar-refractivity contribution in [2.24, 2.45) is 0 Å². The van der Waals surface area contributed by atoms with Gasteiger partial charge < -0.3 is 15.5 Å². The van der Waals surface area contributed by atoms with Gasteiger partial charge in [0, 0.05) is 23.0 Å². The van der Waals surface area contributed by atoms with Crippen LogP contribution in [0.25, 0.3) is 0 Å². The number of amides is 1. The molecule has 8 heteroatoms. The molecule has 0 aliphatic carbocycles. The molecule has 0 fully saturated rings. The Morgan fingerprint density at radius 2 is 1.52 bits per heavy atom. The molecule has 3 N–H and O–H groups in total. The summed E-state index contributed by atoms with van der Waals surface area (Å²) in [5.74, 6) is -1.89. The monoisotopic (exact) mass is 445 g/mol. The number of allylic oxidation sites excluding steroid dienone is 5. The molecule has 0 bridgehead atoms. The van der Waals surface area contributed by atoms with E-state index in [2.05, 4.69) is 24.4 Å². The lowest BCUT2D eigenvalue weighted by atomic mass is 10.1. The fourth-order valence-electron chi connectivity index (χ4n) is 2.30. The number of hydrogen-bond donors (Lipinski definition) is 3. The highest BCUT2D eigenvalue weighted by atomic mass is 35.5. The van der Waals surface area contributed by atoms with Crippen LogP contribution in [0.4, 0.5) is 0 Å². The SMILES string of the molecule is C/C(Cl)=C\CC/C(C)=C/CC/C(C)=C/CSC[C@@H](NC(=O)CCC(=O)O)C(=O)O. The van der Waals surface area contributed by atoms with E-state index in [4.69, 9.17) is 16.7 Å². The molecule has 0 saturated carbocycles. The number of halogens is 1. The Morgan fingerprint density at radius 1 is 0.931 bits per heavy atom. The molecule has 0 rings (SSSR count). The van der Waals surface area contributed by atoms with Crippen molar-refractivity contribution in [2.45, 2.75) is 65.3 Å². The average Bonchev–Trinajstić information content (AvgIpc) is 2.61. The first-order chi connectivity index (χ1) is 13.6. The molecule has 0 aromatic heterocycles. The van der Waals surface area contributed by atoms with Gasteiger partial charge in [-0.1, -0.05) is 41.0 Å². The molecule has 1 amide bonds. The van der Waals surface area contributed by atoms with Crippen molar-refractivity contribution in [1.82, 2.24) is 5.32 Å². The molecule has 0 aliphatic rings. The van der Waals surface area contributed by atoms with E-state index in [1.54, 1.807) is 0 Å². The predicted octanol–water partition coefficient (Wildman–Crippen LogP) is 4.75. The van der Waals surface area contributed by atoms with Gasteiger partial charge in [-0.05, 0) is 46.5 Å². The van der Waals surface area contributed by atoms with E-state index >= 15 is 0 Å². The minimum absolute atomic E-state index is 0.225. The fraction of sp³-hybridized carbons (Fsp3) is 0.571. The normalized spacial score (nSPS) is 13.9. The van der Waals surface area contributed by atoms with E-state index in [-0.39, 0.29) is 18.6 Å². The maximum Gasteiger partial charge on any atom is 0.327 e. The Labute approximate surface area is 182 Å². The molecular weight excluding hydrogens is 414 g/mol. The molecule has 1 atom stereocenters. The van der Waals surface area contributed by atoms with Crippen LogP contribution in [0, 0.1) is 0 Å². The first-order valence-corrected chi connectivity index (χ1v) is 11.1. The summed E-state index contributed by atoms with van der Waals surface area (Å²) in [7, 11) is 0. The van der Waals surface area contributed by atoms with Gasteiger partial charge in [-0.3, -0.25) is 9.59 Å². The summed E-state index contributed by atoms with van der Waals surface area (Å²) >= 11 is 7.23. The van der Waals surface area contributed by atoms with Crippen LogP contribution in [0.1, 0.15) is 59.3 Å². The third kappa shape index (κ3) is 16.9. The van der Waals surface area contributed by atoms with Gasteiger partial charge in [-0.15, -0.1) is 0 Å². The minimum atomic E-state index is -1.12. The number of carboxylic acid groups (broad SMARTS) is 2. The Kier molecular flexibility index (Phi) is 15.1. The highest BCUT2D eigenvalue weighted by molar-refractivity contribution is 7.99. The summed E-state index contributed by atoms with van der Waals surface area (Å²) in [4.78, 5) is 33.3. The van der Waals surface area contributed by atoms with E-state index in [1.807, 2.05) is 19.9 Å². The Balaban J connectivity index is 4.20. The van der Waals surface area contributed by atoms with Gasteiger partial charge in [0.25, 0.3) is 0 Å². The summed E-state index contributed by atoms with van der Waals surface area (Å²) < 4.78 is 0. The lowest BCUT2D eigenvalue weighted by Crippen LogP contribution is -2.42. The maximum atomic E-state index is 11.6. The number of carbonyl (C=O) groups excluding carboxylic acids is 1. The van der Waals surface area contributed by atoms with Crippen molar-refractivity contribution in [2.75, 3.05) is 11.5 Å². The van der Waals surface area contributed by atoms with Crippen LogP contribution in [0.2, 0.25) is 0 Å². The first kappa shape index (κ1) is 27.3. The molecule has 0 radical (unpaired) electrons. The molecule has 0 aromatic carbocycles. The zero-order valence-corrected chi connectivity index (χ0v) is 18.9. The molecule has 29 heavy (non-hydrogen) atoms. The fourth-order valence-corrected chi connectivity index (χ4v) is 3.41. The number of thioether (sulfide) groups is 1. The largest absolute Gasteiger partial charge is 0.481 e. The van der Waals surface area contributed by atoms with Crippen LogP contribution in [-0.2, 0) is 14.4 Å². The zero-order valence-electron chi connectivity index (χ0n) is 17.4.